The van der Waals surface area contributed by atoms with Crippen LogP contribution in [0.5, 0.6) is 11.5 Å². The Kier molecular flexibility index (Phi) is 5.15. The number of fused-ring (bicyclic) bond motifs is 1. The summed E-state index contributed by atoms with van der Waals surface area (Å²) in [6, 6.07) is 15.6. The Labute approximate surface area is 176 Å². The van der Waals surface area contributed by atoms with Crippen LogP contribution in [-0.2, 0) is 13.1 Å². The van der Waals surface area contributed by atoms with E-state index in [1.807, 2.05) is 24.3 Å². The summed E-state index contributed by atoms with van der Waals surface area (Å²) in [6.07, 6.45) is 0. The molecule has 0 fully saturated rings. The molecule has 0 unspecified atom stereocenters. The monoisotopic (exact) mass is 431 g/mol. The second-order valence-electron chi connectivity index (χ2n) is 6.44. The average Bonchev–Trinajstić information content (AvgIpc) is 3.09. The maximum atomic E-state index is 13.0. The predicted molar refractivity (Wildman–Crippen MR) is 110 cm³/mol. The minimum atomic E-state index is -0.294. The maximum Gasteiger partial charge on any atom is 0.258 e. The van der Waals surface area contributed by atoms with E-state index in [4.69, 9.17) is 23.2 Å². The van der Waals surface area contributed by atoms with Crippen molar-refractivity contribution in [2.24, 2.45) is 0 Å². The molecule has 7 heteroatoms. The Morgan fingerprint density at radius 1 is 0.893 bits per heavy atom. The Morgan fingerprint density at radius 3 is 2.21 bits per heavy atom. The second kappa shape index (κ2) is 7.59. The first kappa shape index (κ1) is 19.0. The fourth-order valence-electron chi connectivity index (χ4n) is 3.13. The maximum absolute atomic E-state index is 13.0. The molecule has 4 rings (SSSR count). The number of hydrogen-bond donors (Lipinski definition) is 2. The van der Waals surface area contributed by atoms with Crippen molar-refractivity contribution in [2.75, 3.05) is 0 Å². The number of hydrogen-bond acceptors (Lipinski definition) is 4. The van der Waals surface area contributed by atoms with Crippen molar-refractivity contribution in [1.29, 1.82) is 0 Å². The fraction of sp³-hybridized carbons (Fsp3) is 0.0952. The molecule has 0 aromatic heterocycles. The van der Waals surface area contributed by atoms with Crippen LogP contribution >= 0.6 is 35.0 Å². The number of halogens is 2. The van der Waals surface area contributed by atoms with Crippen LogP contribution < -0.4 is 0 Å². The molecule has 1 heterocycles. The number of nitrogens with zero attached hydrogens (tertiary/aromatic N) is 1. The Hall–Kier alpha value is -2.34. The van der Waals surface area contributed by atoms with Crippen molar-refractivity contribution in [3.05, 3.63) is 81.3 Å². The summed E-state index contributed by atoms with van der Waals surface area (Å²) in [4.78, 5) is 15.8. The molecule has 0 atom stereocenters. The summed E-state index contributed by atoms with van der Waals surface area (Å²) in [6.45, 7) is 0.974. The SMILES string of the molecule is O=C(c1cc(Sc2ccc(Cl)cc2Cl)c(O)cc1O)N1Cc2ccccc2C1. The average molecular weight is 432 g/mol. The lowest BCUT2D eigenvalue weighted by Gasteiger charge is -2.17. The summed E-state index contributed by atoms with van der Waals surface area (Å²) in [5.74, 6) is -0.683. The van der Waals surface area contributed by atoms with E-state index in [0.717, 1.165) is 11.1 Å². The Bertz CT molecular complexity index is 1060. The number of phenolic OH excluding ortho intramolecular Hbond substituents is 2. The quantitative estimate of drug-likeness (QED) is 0.557. The molecular formula is C21H15Cl2NO3S. The van der Waals surface area contributed by atoms with Crippen molar-refractivity contribution < 1.29 is 15.0 Å². The first-order chi connectivity index (χ1) is 13.4. The number of carbonyl (C=O) groups excluding carboxylic acids is 1. The van der Waals surface area contributed by atoms with E-state index in [1.54, 1.807) is 23.1 Å². The molecule has 28 heavy (non-hydrogen) atoms. The van der Waals surface area contributed by atoms with Gasteiger partial charge in [-0.1, -0.05) is 59.2 Å². The molecular weight excluding hydrogens is 417 g/mol. The minimum absolute atomic E-state index is 0.130. The molecule has 0 bridgehead atoms. The van der Waals surface area contributed by atoms with Gasteiger partial charge in [0, 0.05) is 29.1 Å². The summed E-state index contributed by atoms with van der Waals surface area (Å²) >= 11 is 13.3. The van der Waals surface area contributed by atoms with Gasteiger partial charge >= 0.3 is 0 Å². The Morgan fingerprint density at radius 2 is 1.57 bits per heavy atom. The first-order valence-electron chi connectivity index (χ1n) is 8.47. The third-order valence-corrected chi connectivity index (χ3v) is 6.33. The lowest BCUT2D eigenvalue weighted by atomic mass is 10.1. The predicted octanol–water partition coefficient (Wildman–Crippen LogP) is 5.71. The summed E-state index contributed by atoms with van der Waals surface area (Å²) in [5, 5.41) is 21.4. The van der Waals surface area contributed by atoms with E-state index in [-0.39, 0.29) is 23.0 Å². The van der Waals surface area contributed by atoms with Gasteiger partial charge in [-0.25, -0.2) is 0 Å². The molecule has 1 aliphatic rings. The van der Waals surface area contributed by atoms with Crippen molar-refractivity contribution in [1.82, 2.24) is 4.90 Å². The molecule has 1 amide bonds. The molecule has 0 aliphatic carbocycles. The fourth-order valence-corrected chi connectivity index (χ4v) is 4.53. The lowest BCUT2D eigenvalue weighted by molar-refractivity contribution is 0.0748. The van der Waals surface area contributed by atoms with Crippen LogP contribution in [0.25, 0.3) is 0 Å². The number of phenols is 2. The van der Waals surface area contributed by atoms with E-state index in [1.165, 1.54) is 23.9 Å². The Balaban J connectivity index is 1.63. The molecule has 142 valence electrons. The summed E-state index contributed by atoms with van der Waals surface area (Å²) in [7, 11) is 0. The van der Waals surface area contributed by atoms with Gasteiger partial charge in [-0.3, -0.25) is 4.79 Å². The van der Waals surface area contributed by atoms with Crippen LogP contribution in [0, 0.1) is 0 Å². The van der Waals surface area contributed by atoms with Gasteiger partial charge in [-0.15, -0.1) is 0 Å². The van der Waals surface area contributed by atoms with Crippen LogP contribution in [0.3, 0.4) is 0 Å². The normalized spacial score (nSPS) is 12.9. The van der Waals surface area contributed by atoms with Gasteiger partial charge < -0.3 is 15.1 Å². The molecule has 1 aliphatic heterocycles. The lowest BCUT2D eigenvalue weighted by Crippen LogP contribution is -2.25. The zero-order valence-electron chi connectivity index (χ0n) is 14.5. The second-order valence-corrected chi connectivity index (χ2v) is 8.37. The molecule has 3 aromatic rings. The van der Waals surface area contributed by atoms with Crippen LogP contribution in [0.2, 0.25) is 10.0 Å². The summed E-state index contributed by atoms with van der Waals surface area (Å²) < 4.78 is 0. The number of aromatic hydroxyl groups is 2. The van der Waals surface area contributed by atoms with Gasteiger partial charge in [-0.2, -0.15) is 0 Å². The molecule has 3 aromatic carbocycles. The zero-order valence-corrected chi connectivity index (χ0v) is 16.9. The van der Waals surface area contributed by atoms with E-state index in [9.17, 15) is 15.0 Å². The van der Waals surface area contributed by atoms with E-state index in [2.05, 4.69) is 0 Å². The largest absolute Gasteiger partial charge is 0.507 e. The van der Waals surface area contributed by atoms with Crippen molar-refractivity contribution in [3.8, 4) is 11.5 Å². The number of amides is 1. The van der Waals surface area contributed by atoms with Gasteiger partial charge in [0.05, 0.1) is 15.5 Å². The highest BCUT2D eigenvalue weighted by Gasteiger charge is 2.26. The molecule has 0 radical (unpaired) electrons. The van der Waals surface area contributed by atoms with Crippen molar-refractivity contribution in [2.45, 2.75) is 22.9 Å². The van der Waals surface area contributed by atoms with E-state index < -0.39 is 0 Å². The van der Waals surface area contributed by atoms with Crippen LogP contribution in [0.4, 0.5) is 0 Å². The topological polar surface area (TPSA) is 60.8 Å². The van der Waals surface area contributed by atoms with Gasteiger partial charge in [0.15, 0.2) is 0 Å². The van der Waals surface area contributed by atoms with Gasteiger partial charge in [0.25, 0.3) is 5.91 Å². The molecule has 0 saturated carbocycles. The molecule has 0 saturated heterocycles. The standard InChI is InChI=1S/C21H15Cl2NO3S/c22-14-5-6-19(16(23)7-14)28-20-8-15(17(25)9-18(20)26)21(27)24-10-12-3-1-2-4-13(12)11-24/h1-9,25-26H,10-11H2. The highest BCUT2D eigenvalue weighted by Crippen LogP contribution is 2.42. The number of benzene rings is 3. The highest BCUT2D eigenvalue weighted by molar-refractivity contribution is 7.99. The summed E-state index contributed by atoms with van der Waals surface area (Å²) in [5.41, 5.74) is 2.33. The first-order valence-corrected chi connectivity index (χ1v) is 10.0. The van der Waals surface area contributed by atoms with Gasteiger partial charge in [0.1, 0.15) is 11.5 Å². The minimum Gasteiger partial charge on any atom is -0.507 e. The zero-order chi connectivity index (χ0) is 19.8. The number of carbonyl (C=O) groups is 1. The molecule has 2 N–H and O–H groups in total. The third kappa shape index (κ3) is 3.65. The molecule has 4 nitrogen and oxygen atoms in total. The smallest absolute Gasteiger partial charge is 0.258 e. The van der Waals surface area contributed by atoms with Gasteiger partial charge in [-0.05, 0) is 35.4 Å². The molecule has 0 spiro atoms. The van der Waals surface area contributed by atoms with Crippen molar-refractivity contribution >= 4 is 40.9 Å². The van der Waals surface area contributed by atoms with Crippen LogP contribution in [0.1, 0.15) is 21.5 Å². The van der Waals surface area contributed by atoms with Gasteiger partial charge in [0.2, 0.25) is 0 Å². The number of rotatable bonds is 3. The highest BCUT2D eigenvalue weighted by atomic mass is 35.5. The van der Waals surface area contributed by atoms with Crippen molar-refractivity contribution in [3.63, 3.8) is 0 Å². The third-order valence-electron chi connectivity index (χ3n) is 4.55. The van der Waals surface area contributed by atoms with Crippen LogP contribution in [-0.4, -0.2) is 21.0 Å². The van der Waals surface area contributed by atoms with E-state index >= 15 is 0 Å². The van der Waals surface area contributed by atoms with Crippen LogP contribution in [0.15, 0.2) is 64.4 Å². The van der Waals surface area contributed by atoms with E-state index in [0.29, 0.717) is 32.9 Å².